The van der Waals surface area contributed by atoms with Crippen LogP contribution in [0.1, 0.15) is 21.5 Å². The number of alkyl halides is 3. The van der Waals surface area contributed by atoms with E-state index in [1.807, 2.05) is 0 Å². The minimum absolute atomic E-state index is 0.150. The quantitative estimate of drug-likeness (QED) is 0.542. The number of carbonyl (C=O) groups is 1. The van der Waals surface area contributed by atoms with Crippen LogP contribution in [0.15, 0.2) is 40.9 Å². The zero-order valence-electron chi connectivity index (χ0n) is 10.1. The van der Waals surface area contributed by atoms with Crippen molar-refractivity contribution in [2.24, 2.45) is 0 Å². The predicted octanol–water partition coefficient (Wildman–Crippen LogP) is 4.98. The van der Waals surface area contributed by atoms with Crippen LogP contribution in [0, 0.1) is 11.6 Å². The summed E-state index contributed by atoms with van der Waals surface area (Å²) < 4.78 is 64.9. The third-order valence-corrected chi connectivity index (χ3v) is 3.21. The Morgan fingerprint density at radius 2 is 1.62 bits per heavy atom. The van der Waals surface area contributed by atoms with Gasteiger partial charge in [0.1, 0.15) is 0 Å². The van der Waals surface area contributed by atoms with Crippen molar-refractivity contribution in [1.29, 1.82) is 0 Å². The van der Waals surface area contributed by atoms with Crippen LogP contribution in [0.3, 0.4) is 0 Å². The van der Waals surface area contributed by atoms with Gasteiger partial charge in [-0.05, 0) is 36.4 Å². The molecule has 0 aliphatic rings. The lowest BCUT2D eigenvalue weighted by Gasteiger charge is -2.12. The van der Waals surface area contributed by atoms with Crippen molar-refractivity contribution in [3.63, 3.8) is 0 Å². The van der Waals surface area contributed by atoms with Crippen molar-refractivity contribution in [3.05, 3.63) is 69.2 Å². The van der Waals surface area contributed by atoms with E-state index in [1.165, 1.54) is 6.07 Å². The molecule has 0 atom stereocenters. The first-order chi connectivity index (χ1) is 9.70. The highest BCUT2D eigenvalue weighted by atomic mass is 79.9. The molecule has 1 nitrogen and oxygen atoms in total. The summed E-state index contributed by atoms with van der Waals surface area (Å²) in [4.78, 5) is 12.1. The second-order valence-corrected chi connectivity index (χ2v) is 5.06. The van der Waals surface area contributed by atoms with E-state index >= 15 is 0 Å². The van der Waals surface area contributed by atoms with E-state index in [0.29, 0.717) is 12.1 Å². The minimum atomic E-state index is -4.74. The molecule has 21 heavy (non-hydrogen) atoms. The molecule has 0 saturated heterocycles. The Hall–Kier alpha value is -1.76. The van der Waals surface area contributed by atoms with Crippen molar-refractivity contribution in [3.8, 4) is 0 Å². The summed E-state index contributed by atoms with van der Waals surface area (Å²) in [6.45, 7) is 0. The Kier molecular flexibility index (Phi) is 4.13. The Morgan fingerprint density at radius 3 is 2.19 bits per heavy atom. The molecule has 0 heterocycles. The van der Waals surface area contributed by atoms with Gasteiger partial charge in [0, 0.05) is 15.6 Å². The zero-order valence-corrected chi connectivity index (χ0v) is 11.7. The van der Waals surface area contributed by atoms with E-state index in [-0.39, 0.29) is 10.0 Å². The predicted molar refractivity (Wildman–Crippen MR) is 68.9 cm³/mol. The molecule has 110 valence electrons. The Bertz CT molecular complexity index is 709. The Labute approximate surface area is 124 Å². The number of rotatable bonds is 2. The van der Waals surface area contributed by atoms with Crippen molar-refractivity contribution in [2.45, 2.75) is 6.18 Å². The number of benzene rings is 2. The molecular weight excluding hydrogens is 359 g/mol. The lowest BCUT2D eigenvalue weighted by atomic mass is 9.98. The van der Waals surface area contributed by atoms with Crippen molar-refractivity contribution in [2.75, 3.05) is 0 Å². The van der Waals surface area contributed by atoms with Gasteiger partial charge in [-0.2, -0.15) is 13.2 Å². The van der Waals surface area contributed by atoms with Gasteiger partial charge in [-0.25, -0.2) is 8.78 Å². The average molecular weight is 365 g/mol. The second kappa shape index (κ2) is 5.55. The van der Waals surface area contributed by atoms with Crippen molar-refractivity contribution < 1.29 is 26.7 Å². The number of hydrogen-bond acceptors (Lipinski definition) is 1. The smallest absolute Gasteiger partial charge is 0.289 e. The first-order valence-electron chi connectivity index (χ1n) is 5.56. The SMILES string of the molecule is O=C(c1ccc(F)c(F)c1)c1ccc(Br)cc1C(F)(F)F. The first-order valence-corrected chi connectivity index (χ1v) is 6.36. The summed E-state index contributed by atoms with van der Waals surface area (Å²) in [7, 11) is 0. The Morgan fingerprint density at radius 1 is 0.952 bits per heavy atom. The fraction of sp³-hybridized carbons (Fsp3) is 0.0714. The number of halogens is 6. The van der Waals surface area contributed by atoms with E-state index < -0.39 is 34.7 Å². The summed E-state index contributed by atoms with van der Waals surface area (Å²) in [6, 6.07) is 5.20. The van der Waals surface area contributed by atoms with Crippen LogP contribution in [-0.4, -0.2) is 5.78 Å². The van der Waals surface area contributed by atoms with Crippen LogP contribution >= 0.6 is 15.9 Å². The summed E-state index contributed by atoms with van der Waals surface area (Å²) >= 11 is 2.89. The lowest BCUT2D eigenvalue weighted by molar-refractivity contribution is -0.137. The molecular formula is C14H6BrF5O. The first kappa shape index (κ1) is 15.6. The van der Waals surface area contributed by atoms with Gasteiger partial charge in [-0.15, -0.1) is 0 Å². The van der Waals surface area contributed by atoms with Crippen LogP contribution in [0.25, 0.3) is 0 Å². The highest BCUT2D eigenvalue weighted by Gasteiger charge is 2.35. The van der Waals surface area contributed by atoms with E-state index in [9.17, 15) is 26.7 Å². The molecule has 7 heteroatoms. The van der Waals surface area contributed by atoms with Crippen LogP contribution in [0.5, 0.6) is 0 Å². The monoisotopic (exact) mass is 364 g/mol. The zero-order chi connectivity index (χ0) is 15.8. The van der Waals surface area contributed by atoms with Gasteiger partial charge in [0.05, 0.1) is 5.56 Å². The highest BCUT2D eigenvalue weighted by molar-refractivity contribution is 9.10. The molecule has 0 radical (unpaired) electrons. The second-order valence-electron chi connectivity index (χ2n) is 4.15. The molecule has 2 rings (SSSR count). The van der Waals surface area contributed by atoms with E-state index in [1.54, 1.807) is 0 Å². The third kappa shape index (κ3) is 3.29. The molecule has 0 aliphatic carbocycles. The average Bonchev–Trinajstić information content (AvgIpc) is 2.40. The van der Waals surface area contributed by atoms with E-state index in [0.717, 1.165) is 18.2 Å². The third-order valence-electron chi connectivity index (χ3n) is 2.71. The summed E-state index contributed by atoms with van der Waals surface area (Å²) in [6.07, 6.45) is -4.74. The van der Waals surface area contributed by atoms with Gasteiger partial charge in [0.25, 0.3) is 0 Å². The highest BCUT2D eigenvalue weighted by Crippen LogP contribution is 2.34. The van der Waals surface area contributed by atoms with Crippen molar-refractivity contribution in [1.82, 2.24) is 0 Å². The van der Waals surface area contributed by atoms with Crippen LogP contribution in [0.2, 0.25) is 0 Å². The summed E-state index contributed by atoms with van der Waals surface area (Å²) in [5, 5.41) is 0. The van der Waals surface area contributed by atoms with Gasteiger partial charge in [-0.1, -0.05) is 15.9 Å². The number of hydrogen-bond donors (Lipinski definition) is 0. The van der Waals surface area contributed by atoms with Crippen LogP contribution in [-0.2, 0) is 6.18 Å². The maximum atomic E-state index is 13.1. The van der Waals surface area contributed by atoms with Crippen LogP contribution in [0.4, 0.5) is 22.0 Å². The summed E-state index contributed by atoms with van der Waals surface area (Å²) in [5.74, 6) is -3.52. The molecule has 0 spiro atoms. The largest absolute Gasteiger partial charge is 0.417 e. The number of ketones is 1. The molecule has 0 unspecified atom stereocenters. The van der Waals surface area contributed by atoms with Gasteiger partial charge < -0.3 is 0 Å². The topological polar surface area (TPSA) is 17.1 Å². The molecule has 0 aromatic heterocycles. The van der Waals surface area contributed by atoms with Crippen molar-refractivity contribution >= 4 is 21.7 Å². The maximum Gasteiger partial charge on any atom is 0.417 e. The van der Waals surface area contributed by atoms with Crippen LogP contribution < -0.4 is 0 Å². The fourth-order valence-electron chi connectivity index (χ4n) is 1.74. The molecule has 0 N–H and O–H groups in total. The van der Waals surface area contributed by atoms with Gasteiger partial charge in [0.2, 0.25) is 0 Å². The lowest BCUT2D eigenvalue weighted by Crippen LogP contribution is -2.14. The maximum absolute atomic E-state index is 13.1. The molecule has 0 amide bonds. The summed E-state index contributed by atoms with van der Waals surface area (Å²) in [5.41, 5.74) is -2.13. The molecule has 0 fully saturated rings. The molecule has 2 aromatic rings. The van der Waals surface area contributed by atoms with E-state index in [2.05, 4.69) is 15.9 Å². The molecule has 0 saturated carbocycles. The molecule has 2 aromatic carbocycles. The van der Waals surface area contributed by atoms with Gasteiger partial charge >= 0.3 is 6.18 Å². The molecule has 0 bridgehead atoms. The number of carbonyl (C=O) groups excluding carboxylic acids is 1. The Balaban J connectivity index is 2.55. The normalized spacial score (nSPS) is 11.5. The minimum Gasteiger partial charge on any atom is -0.289 e. The fourth-order valence-corrected chi connectivity index (χ4v) is 2.10. The molecule has 0 aliphatic heterocycles. The van der Waals surface area contributed by atoms with E-state index in [4.69, 9.17) is 0 Å². The van der Waals surface area contributed by atoms with Gasteiger partial charge in [0.15, 0.2) is 17.4 Å². The van der Waals surface area contributed by atoms with Gasteiger partial charge in [-0.3, -0.25) is 4.79 Å². The standard InChI is InChI=1S/C14H6BrF5O/c15-8-2-3-9(10(6-8)14(18,19)20)13(21)7-1-4-11(16)12(17)5-7/h1-6H.